The van der Waals surface area contributed by atoms with Crippen LogP contribution in [0.5, 0.6) is 5.75 Å². The predicted molar refractivity (Wildman–Crippen MR) is 99.3 cm³/mol. The molecule has 0 spiro atoms. The Hall–Kier alpha value is -3.15. The Morgan fingerprint density at radius 2 is 1.44 bits per heavy atom. The molecule has 6 heteroatoms. The molecular formula is C21H21NO5. The smallest absolute Gasteiger partial charge is 0.338 e. The topological polar surface area (TPSA) is 72.9 Å². The third kappa shape index (κ3) is 4.94. The van der Waals surface area contributed by atoms with E-state index >= 15 is 0 Å². The summed E-state index contributed by atoms with van der Waals surface area (Å²) in [7, 11) is 0. The van der Waals surface area contributed by atoms with Crippen molar-refractivity contribution < 1.29 is 23.9 Å². The quantitative estimate of drug-likeness (QED) is 0.600. The van der Waals surface area contributed by atoms with E-state index in [4.69, 9.17) is 9.47 Å². The minimum Gasteiger partial charge on any atom is -0.452 e. The standard InChI is InChI=1S/C21H21NO5/c1-15(23)27-19-10-8-17(9-11-19)16-4-6-18(7-5-16)21(25)26-14-20(24)22-12-2-3-13-22/h4-11H,2-3,12-14H2,1H3. The van der Waals surface area contributed by atoms with Crippen molar-refractivity contribution in [3.05, 3.63) is 54.1 Å². The monoisotopic (exact) mass is 367 g/mol. The van der Waals surface area contributed by atoms with Gasteiger partial charge in [-0.2, -0.15) is 0 Å². The minimum absolute atomic E-state index is 0.148. The van der Waals surface area contributed by atoms with Crippen LogP contribution in [0.4, 0.5) is 0 Å². The highest BCUT2D eigenvalue weighted by molar-refractivity contribution is 5.92. The van der Waals surface area contributed by atoms with E-state index in [1.54, 1.807) is 41.3 Å². The summed E-state index contributed by atoms with van der Waals surface area (Å²) in [6, 6.07) is 14.0. The van der Waals surface area contributed by atoms with Gasteiger partial charge < -0.3 is 14.4 Å². The normalized spacial score (nSPS) is 13.3. The summed E-state index contributed by atoms with van der Waals surface area (Å²) in [6.45, 7) is 2.60. The number of esters is 2. The molecule has 1 amide bonds. The van der Waals surface area contributed by atoms with Gasteiger partial charge in [0.15, 0.2) is 6.61 Å². The number of carbonyl (C=O) groups excluding carboxylic acids is 3. The van der Waals surface area contributed by atoms with Crippen molar-refractivity contribution in [2.45, 2.75) is 19.8 Å². The Kier molecular flexibility index (Phi) is 5.86. The molecule has 27 heavy (non-hydrogen) atoms. The zero-order chi connectivity index (χ0) is 19.2. The molecule has 6 nitrogen and oxygen atoms in total. The summed E-state index contributed by atoms with van der Waals surface area (Å²) in [5.41, 5.74) is 2.23. The van der Waals surface area contributed by atoms with E-state index in [0.29, 0.717) is 11.3 Å². The lowest BCUT2D eigenvalue weighted by Gasteiger charge is -2.14. The van der Waals surface area contributed by atoms with Crippen molar-refractivity contribution in [3.8, 4) is 16.9 Å². The van der Waals surface area contributed by atoms with E-state index in [0.717, 1.165) is 37.1 Å². The summed E-state index contributed by atoms with van der Waals surface area (Å²) in [5, 5.41) is 0. The van der Waals surface area contributed by atoms with Crippen LogP contribution in [0.25, 0.3) is 11.1 Å². The number of nitrogens with zero attached hydrogens (tertiary/aromatic N) is 1. The van der Waals surface area contributed by atoms with Crippen molar-refractivity contribution in [1.29, 1.82) is 0 Å². The fourth-order valence-electron chi connectivity index (χ4n) is 2.95. The summed E-state index contributed by atoms with van der Waals surface area (Å²) < 4.78 is 10.1. The van der Waals surface area contributed by atoms with Gasteiger partial charge in [-0.3, -0.25) is 9.59 Å². The van der Waals surface area contributed by atoms with Crippen LogP contribution < -0.4 is 4.74 Å². The first-order valence-corrected chi connectivity index (χ1v) is 8.87. The first-order chi connectivity index (χ1) is 13.0. The Labute approximate surface area is 157 Å². The summed E-state index contributed by atoms with van der Waals surface area (Å²) in [6.07, 6.45) is 2.01. The molecule has 2 aromatic carbocycles. The Morgan fingerprint density at radius 3 is 2.00 bits per heavy atom. The molecule has 140 valence electrons. The summed E-state index contributed by atoms with van der Waals surface area (Å²) in [4.78, 5) is 36.7. The van der Waals surface area contributed by atoms with Crippen LogP contribution in [0.2, 0.25) is 0 Å². The number of ether oxygens (including phenoxy) is 2. The maximum Gasteiger partial charge on any atom is 0.338 e. The van der Waals surface area contributed by atoms with Crippen LogP contribution in [0.1, 0.15) is 30.1 Å². The zero-order valence-corrected chi connectivity index (χ0v) is 15.1. The van der Waals surface area contributed by atoms with E-state index in [9.17, 15) is 14.4 Å². The van der Waals surface area contributed by atoms with Crippen molar-refractivity contribution in [2.75, 3.05) is 19.7 Å². The fourth-order valence-corrected chi connectivity index (χ4v) is 2.95. The number of carbonyl (C=O) groups is 3. The molecule has 0 aromatic heterocycles. The fraction of sp³-hybridized carbons (Fsp3) is 0.286. The van der Waals surface area contributed by atoms with Crippen LogP contribution >= 0.6 is 0 Å². The van der Waals surface area contributed by atoms with Crippen molar-refractivity contribution in [3.63, 3.8) is 0 Å². The molecule has 1 heterocycles. The number of hydrogen-bond donors (Lipinski definition) is 0. The lowest BCUT2D eigenvalue weighted by Crippen LogP contribution is -2.32. The first kappa shape index (κ1) is 18.6. The number of benzene rings is 2. The largest absolute Gasteiger partial charge is 0.452 e. The number of likely N-dealkylation sites (tertiary alicyclic amines) is 1. The van der Waals surface area contributed by atoms with E-state index in [-0.39, 0.29) is 18.5 Å². The van der Waals surface area contributed by atoms with Gasteiger partial charge in [-0.05, 0) is 48.2 Å². The number of rotatable bonds is 5. The van der Waals surface area contributed by atoms with Gasteiger partial charge in [0, 0.05) is 20.0 Å². The minimum atomic E-state index is -0.515. The van der Waals surface area contributed by atoms with Crippen molar-refractivity contribution in [1.82, 2.24) is 4.90 Å². The Morgan fingerprint density at radius 1 is 0.889 bits per heavy atom. The van der Waals surface area contributed by atoms with Crippen LogP contribution in [0.3, 0.4) is 0 Å². The van der Waals surface area contributed by atoms with Gasteiger partial charge in [-0.15, -0.1) is 0 Å². The number of hydrogen-bond acceptors (Lipinski definition) is 5. The Balaban J connectivity index is 1.58. The lowest BCUT2D eigenvalue weighted by molar-refractivity contribution is -0.133. The molecule has 3 rings (SSSR count). The van der Waals surface area contributed by atoms with Crippen LogP contribution in [-0.4, -0.2) is 42.4 Å². The van der Waals surface area contributed by atoms with E-state index < -0.39 is 5.97 Å². The first-order valence-electron chi connectivity index (χ1n) is 8.87. The maximum absolute atomic E-state index is 12.1. The molecule has 0 aliphatic carbocycles. The van der Waals surface area contributed by atoms with Gasteiger partial charge in [0.25, 0.3) is 5.91 Å². The average Bonchev–Trinajstić information content (AvgIpc) is 3.21. The van der Waals surface area contributed by atoms with Gasteiger partial charge in [0.2, 0.25) is 0 Å². The molecule has 0 radical (unpaired) electrons. The highest BCUT2D eigenvalue weighted by atomic mass is 16.5. The SMILES string of the molecule is CC(=O)Oc1ccc(-c2ccc(C(=O)OCC(=O)N3CCCC3)cc2)cc1. The molecule has 0 unspecified atom stereocenters. The van der Waals surface area contributed by atoms with E-state index in [1.165, 1.54) is 6.92 Å². The van der Waals surface area contributed by atoms with Crippen LogP contribution in [0, 0.1) is 0 Å². The molecule has 0 bridgehead atoms. The van der Waals surface area contributed by atoms with Crippen LogP contribution in [0.15, 0.2) is 48.5 Å². The molecule has 1 saturated heterocycles. The molecule has 0 atom stereocenters. The molecule has 1 aliphatic heterocycles. The highest BCUT2D eigenvalue weighted by Crippen LogP contribution is 2.23. The molecule has 0 N–H and O–H groups in total. The third-order valence-electron chi connectivity index (χ3n) is 4.36. The van der Waals surface area contributed by atoms with Gasteiger partial charge in [-0.25, -0.2) is 4.79 Å². The van der Waals surface area contributed by atoms with Gasteiger partial charge in [0.1, 0.15) is 5.75 Å². The summed E-state index contributed by atoms with van der Waals surface area (Å²) >= 11 is 0. The Bertz CT molecular complexity index is 821. The second-order valence-electron chi connectivity index (χ2n) is 6.36. The summed E-state index contributed by atoms with van der Waals surface area (Å²) in [5.74, 6) is -0.549. The molecular weight excluding hydrogens is 346 g/mol. The molecule has 1 fully saturated rings. The van der Waals surface area contributed by atoms with Crippen LogP contribution in [-0.2, 0) is 14.3 Å². The van der Waals surface area contributed by atoms with E-state index in [1.807, 2.05) is 12.1 Å². The van der Waals surface area contributed by atoms with Gasteiger partial charge in [0.05, 0.1) is 5.56 Å². The molecule has 2 aromatic rings. The average molecular weight is 367 g/mol. The van der Waals surface area contributed by atoms with Gasteiger partial charge >= 0.3 is 11.9 Å². The molecule has 1 aliphatic rings. The molecule has 0 saturated carbocycles. The van der Waals surface area contributed by atoms with Crippen molar-refractivity contribution in [2.24, 2.45) is 0 Å². The maximum atomic E-state index is 12.1. The second kappa shape index (κ2) is 8.49. The predicted octanol–water partition coefficient (Wildman–Crippen LogP) is 3.06. The highest BCUT2D eigenvalue weighted by Gasteiger charge is 2.19. The second-order valence-corrected chi connectivity index (χ2v) is 6.36. The number of amides is 1. The van der Waals surface area contributed by atoms with E-state index in [2.05, 4.69) is 0 Å². The lowest BCUT2D eigenvalue weighted by atomic mass is 10.0. The van der Waals surface area contributed by atoms with Crippen molar-refractivity contribution >= 4 is 17.8 Å². The third-order valence-corrected chi connectivity index (χ3v) is 4.36. The zero-order valence-electron chi connectivity index (χ0n) is 15.1. The van der Waals surface area contributed by atoms with Gasteiger partial charge in [-0.1, -0.05) is 24.3 Å².